The Morgan fingerprint density at radius 3 is 2.81 bits per heavy atom. The van der Waals surface area contributed by atoms with Crippen molar-refractivity contribution in [2.24, 2.45) is 0 Å². The molecule has 0 aromatic heterocycles. The van der Waals surface area contributed by atoms with Gasteiger partial charge in [0, 0.05) is 23.7 Å². The van der Waals surface area contributed by atoms with Crippen LogP contribution in [0.3, 0.4) is 0 Å². The molecule has 0 saturated carbocycles. The van der Waals surface area contributed by atoms with Crippen molar-refractivity contribution in [2.45, 2.75) is 0 Å². The lowest BCUT2D eigenvalue weighted by Gasteiger charge is -2.08. The van der Waals surface area contributed by atoms with Crippen LogP contribution in [0.1, 0.15) is 5.56 Å². The zero-order chi connectivity index (χ0) is 15.8. The number of nitrogens with one attached hydrogen (secondary N) is 1. The molecule has 21 heavy (non-hydrogen) atoms. The molecule has 0 saturated heterocycles. The maximum Gasteiger partial charge on any atom is 0.262 e. The number of aromatic hydroxyl groups is 1. The van der Waals surface area contributed by atoms with Crippen molar-refractivity contribution >= 4 is 27.9 Å². The van der Waals surface area contributed by atoms with Crippen LogP contribution in [0.2, 0.25) is 0 Å². The summed E-state index contributed by atoms with van der Waals surface area (Å²) in [6.07, 6.45) is 1.30. The van der Waals surface area contributed by atoms with Crippen molar-refractivity contribution in [3.63, 3.8) is 0 Å². The van der Waals surface area contributed by atoms with Gasteiger partial charge in [-0.25, -0.2) is 0 Å². The molecule has 0 radical (unpaired) electrons. The number of amides is 1. The fourth-order valence-corrected chi connectivity index (χ4v) is 1.98. The molecule has 0 atom stereocenters. The van der Waals surface area contributed by atoms with E-state index in [1.54, 1.807) is 18.2 Å². The summed E-state index contributed by atoms with van der Waals surface area (Å²) in [6, 6.07) is 4.96. The first kappa shape index (κ1) is 17.0. The SMILES string of the molecule is COCCNC(=O)/C(C#N)=C/c1cc(Br)cc(OC)c1O. The smallest absolute Gasteiger partial charge is 0.262 e. The molecule has 0 aliphatic rings. The minimum absolute atomic E-state index is 0.124. The Bertz CT molecular complexity index is 593. The van der Waals surface area contributed by atoms with Crippen molar-refractivity contribution < 1.29 is 19.4 Å². The highest BCUT2D eigenvalue weighted by Crippen LogP contribution is 2.34. The van der Waals surface area contributed by atoms with E-state index in [4.69, 9.17) is 14.7 Å². The average molecular weight is 355 g/mol. The third kappa shape index (κ3) is 4.77. The van der Waals surface area contributed by atoms with E-state index in [2.05, 4.69) is 21.2 Å². The quantitative estimate of drug-likeness (QED) is 0.462. The highest BCUT2D eigenvalue weighted by molar-refractivity contribution is 9.10. The summed E-state index contributed by atoms with van der Waals surface area (Å²) in [5, 5.41) is 21.6. The minimum atomic E-state index is -0.534. The second-order valence-electron chi connectivity index (χ2n) is 3.96. The van der Waals surface area contributed by atoms with Crippen molar-refractivity contribution in [1.82, 2.24) is 5.32 Å². The molecule has 1 aromatic carbocycles. The maximum absolute atomic E-state index is 11.8. The first-order valence-corrected chi connectivity index (χ1v) is 6.78. The molecule has 0 fully saturated rings. The fraction of sp³-hybridized carbons (Fsp3) is 0.286. The normalized spacial score (nSPS) is 10.9. The molecule has 0 aliphatic carbocycles. The van der Waals surface area contributed by atoms with Crippen LogP contribution in [0.5, 0.6) is 11.5 Å². The number of halogens is 1. The Morgan fingerprint density at radius 2 is 2.24 bits per heavy atom. The number of benzene rings is 1. The van der Waals surface area contributed by atoms with E-state index in [9.17, 15) is 9.90 Å². The number of phenols is 1. The predicted octanol–water partition coefficient (Wildman–Crippen LogP) is 1.83. The Labute approximate surface area is 131 Å². The average Bonchev–Trinajstić information content (AvgIpc) is 2.47. The summed E-state index contributed by atoms with van der Waals surface area (Å²) in [4.78, 5) is 11.8. The van der Waals surface area contributed by atoms with Gasteiger partial charge < -0.3 is 19.9 Å². The summed E-state index contributed by atoms with van der Waals surface area (Å²) < 4.78 is 10.5. The summed E-state index contributed by atoms with van der Waals surface area (Å²) >= 11 is 3.27. The van der Waals surface area contributed by atoms with Gasteiger partial charge in [0.05, 0.1) is 13.7 Å². The third-order valence-corrected chi connectivity index (χ3v) is 3.00. The summed E-state index contributed by atoms with van der Waals surface area (Å²) in [5.74, 6) is -0.432. The Morgan fingerprint density at radius 1 is 1.52 bits per heavy atom. The molecule has 112 valence electrons. The van der Waals surface area contributed by atoms with Crippen molar-refractivity contribution in [2.75, 3.05) is 27.4 Å². The molecule has 0 heterocycles. The van der Waals surface area contributed by atoms with Crippen LogP contribution in [-0.4, -0.2) is 38.4 Å². The van der Waals surface area contributed by atoms with E-state index in [0.29, 0.717) is 23.2 Å². The first-order valence-electron chi connectivity index (χ1n) is 5.99. The number of hydrogen-bond acceptors (Lipinski definition) is 5. The van der Waals surface area contributed by atoms with E-state index in [0.717, 1.165) is 0 Å². The Kier molecular flexibility index (Phi) is 6.72. The molecule has 1 amide bonds. The van der Waals surface area contributed by atoms with Crippen LogP contribution >= 0.6 is 15.9 Å². The summed E-state index contributed by atoms with van der Waals surface area (Å²) in [6.45, 7) is 0.641. The molecule has 1 rings (SSSR count). The van der Waals surface area contributed by atoms with Gasteiger partial charge in [-0.2, -0.15) is 5.26 Å². The Hall–Kier alpha value is -2.04. The van der Waals surface area contributed by atoms with Crippen LogP contribution < -0.4 is 10.1 Å². The second kappa shape index (κ2) is 8.29. The predicted molar refractivity (Wildman–Crippen MR) is 80.8 cm³/mol. The van der Waals surface area contributed by atoms with Gasteiger partial charge in [0.2, 0.25) is 0 Å². The summed E-state index contributed by atoms with van der Waals surface area (Å²) in [7, 11) is 2.93. The number of methoxy groups -OCH3 is 2. The summed E-state index contributed by atoms with van der Waals surface area (Å²) in [5.41, 5.74) is 0.182. The van der Waals surface area contributed by atoms with Gasteiger partial charge in [-0.1, -0.05) is 15.9 Å². The van der Waals surface area contributed by atoms with Crippen LogP contribution in [0.15, 0.2) is 22.2 Å². The molecule has 0 aliphatic heterocycles. The molecule has 7 heteroatoms. The van der Waals surface area contributed by atoms with Gasteiger partial charge in [-0.15, -0.1) is 0 Å². The largest absolute Gasteiger partial charge is 0.504 e. The van der Waals surface area contributed by atoms with Crippen molar-refractivity contribution in [3.05, 3.63) is 27.7 Å². The van der Waals surface area contributed by atoms with Crippen LogP contribution in [0.25, 0.3) is 6.08 Å². The lowest BCUT2D eigenvalue weighted by Crippen LogP contribution is -2.27. The Balaban J connectivity index is 3.06. The van der Waals surface area contributed by atoms with E-state index in [-0.39, 0.29) is 17.1 Å². The van der Waals surface area contributed by atoms with E-state index in [1.807, 2.05) is 0 Å². The van der Waals surface area contributed by atoms with Gasteiger partial charge in [0.1, 0.15) is 11.6 Å². The first-order chi connectivity index (χ1) is 10.0. The number of nitrogens with zero attached hydrogens (tertiary/aromatic N) is 1. The topological polar surface area (TPSA) is 91.6 Å². The van der Waals surface area contributed by atoms with Crippen LogP contribution in [0.4, 0.5) is 0 Å². The van der Waals surface area contributed by atoms with Crippen LogP contribution in [-0.2, 0) is 9.53 Å². The van der Waals surface area contributed by atoms with Crippen molar-refractivity contribution in [3.8, 4) is 17.6 Å². The number of carbonyl (C=O) groups is 1. The molecule has 2 N–H and O–H groups in total. The number of rotatable bonds is 6. The molecule has 0 spiro atoms. The van der Waals surface area contributed by atoms with E-state index in [1.165, 1.54) is 20.3 Å². The molecule has 0 bridgehead atoms. The second-order valence-corrected chi connectivity index (χ2v) is 4.88. The lowest BCUT2D eigenvalue weighted by atomic mass is 10.1. The number of carbonyl (C=O) groups excluding carboxylic acids is 1. The molecular weight excluding hydrogens is 340 g/mol. The maximum atomic E-state index is 11.8. The standard InChI is InChI=1S/C14H15BrN2O4/c1-20-4-3-17-14(19)10(8-16)5-9-6-11(15)7-12(21-2)13(9)18/h5-7,18H,3-4H2,1-2H3,(H,17,19)/b10-5+. The molecule has 0 unspecified atom stereocenters. The number of hydrogen-bond donors (Lipinski definition) is 2. The van der Waals surface area contributed by atoms with Crippen LogP contribution in [0, 0.1) is 11.3 Å². The van der Waals surface area contributed by atoms with Gasteiger partial charge in [-0.3, -0.25) is 4.79 Å². The zero-order valence-corrected chi connectivity index (χ0v) is 13.2. The van der Waals surface area contributed by atoms with Crippen molar-refractivity contribution in [1.29, 1.82) is 5.26 Å². The van der Waals surface area contributed by atoms with Gasteiger partial charge in [0.15, 0.2) is 11.5 Å². The minimum Gasteiger partial charge on any atom is -0.504 e. The third-order valence-electron chi connectivity index (χ3n) is 2.55. The number of phenolic OH excluding ortho intramolecular Hbond substituents is 1. The van der Waals surface area contributed by atoms with Gasteiger partial charge >= 0.3 is 0 Å². The van der Waals surface area contributed by atoms with Gasteiger partial charge in [0.25, 0.3) is 5.91 Å². The van der Waals surface area contributed by atoms with E-state index < -0.39 is 5.91 Å². The zero-order valence-electron chi connectivity index (χ0n) is 11.6. The highest BCUT2D eigenvalue weighted by atomic mass is 79.9. The molecule has 1 aromatic rings. The van der Waals surface area contributed by atoms with E-state index >= 15 is 0 Å². The lowest BCUT2D eigenvalue weighted by molar-refractivity contribution is -0.117. The molecular formula is C14H15BrN2O4. The van der Waals surface area contributed by atoms with Gasteiger partial charge in [-0.05, 0) is 18.2 Å². The number of nitriles is 1. The highest BCUT2D eigenvalue weighted by Gasteiger charge is 2.13. The number of ether oxygens (including phenoxy) is 2. The fourth-order valence-electron chi connectivity index (χ4n) is 1.53. The molecule has 6 nitrogen and oxygen atoms in total. The monoisotopic (exact) mass is 354 g/mol.